The van der Waals surface area contributed by atoms with Gasteiger partial charge in [-0.2, -0.15) is 12.6 Å². The quantitative estimate of drug-likeness (QED) is 0.207. The first-order chi connectivity index (χ1) is 8.60. The summed E-state index contributed by atoms with van der Waals surface area (Å²) in [7, 11) is 0. The predicted octanol–water partition coefficient (Wildman–Crippen LogP) is -0.657. The van der Waals surface area contributed by atoms with E-state index in [-0.39, 0.29) is 24.4 Å². The van der Waals surface area contributed by atoms with Gasteiger partial charge in [-0.15, -0.1) is 0 Å². The van der Waals surface area contributed by atoms with Crippen LogP contribution in [0.4, 0.5) is 0 Å². The van der Waals surface area contributed by atoms with Crippen LogP contribution in [0.15, 0.2) is 0 Å². The van der Waals surface area contributed by atoms with Crippen molar-refractivity contribution in [3.63, 3.8) is 0 Å². The lowest BCUT2D eigenvalue weighted by molar-refractivity contribution is -0.122. The van der Waals surface area contributed by atoms with Gasteiger partial charge in [0, 0.05) is 19.4 Å². The third-order valence-corrected chi connectivity index (χ3v) is 2.55. The van der Waals surface area contributed by atoms with Crippen LogP contribution in [0.25, 0.3) is 0 Å². The van der Waals surface area contributed by atoms with Gasteiger partial charge in [0.2, 0.25) is 11.8 Å². The van der Waals surface area contributed by atoms with Crippen LogP contribution >= 0.6 is 12.6 Å². The van der Waals surface area contributed by atoms with Crippen LogP contribution in [0.3, 0.4) is 0 Å². The molecular formula is C11H24N4O2S. The molecule has 0 aromatic heterocycles. The minimum absolute atomic E-state index is 0.0926. The fourth-order valence-corrected chi connectivity index (χ4v) is 1.57. The SMILES string of the molecule is NCCCCC(N)NC(=O)CCNC(=O)CCS. The van der Waals surface area contributed by atoms with Crippen LogP contribution < -0.4 is 22.1 Å². The maximum Gasteiger partial charge on any atom is 0.222 e. The number of carbonyl (C=O) groups excluding carboxylic acids is 2. The Morgan fingerprint density at radius 3 is 2.50 bits per heavy atom. The average Bonchev–Trinajstić information content (AvgIpc) is 2.29. The Kier molecular flexibility index (Phi) is 10.8. The topological polar surface area (TPSA) is 110 Å². The molecule has 1 unspecified atom stereocenters. The van der Waals surface area contributed by atoms with E-state index < -0.39 is 0 Å². The highest BCUT2D eigenvalue weighted by atomic mass is 32.1. The molecule has 0 aliphatic heterocycles. The molecule has 0 saturated carbocycles. The first kappa shape index (κ1) is 17.2. The number of carbonyl (C=O) groups is 2. The lowest BCUT2D eigenvalue weighted by Crippen LogP contribution is -2.42. The van der Waals surface area contributed by atoms with Crippen LogP contribution in [0, 0.1) is 0 Å². The molecule has 0 bridgehead atoms. The zero-order valence-electron chi connectivity index (χ0n) is 10.7. The summed E-state index contributed by atoms with van der Waals surface area (Å²) in [5.41, 5.74) is 11.1. The van der Waals surface area contributed by atoms with E-state index in [1.165, 1.54) is 0 Å². The molecule has 6 N–H and O–H groups in total. The molecular weight excluding hydrogens is 252 g/mol. The molecule has 0 fully saturated rings. The molecule has 1 atom stereocenters. The summed E-state index contributed by atoms with van der Waals surface area (Å²) in [5, 5.41) is 5.31. The number of thiol groups is 1. The Hall–Kier alpha value is -0.790. The zero-order chi connectivity index (χ0) is 13.8. The van der Waals surface area contributed by atoms with Gasteiger partial charge in [0.25, 0.3) is 0 Å². The minimum atomic E-state index is -0.336. The van der Waals surface area contributed by atoms with Crippen molar-refractivity contribution < 1.29 is 9.59 Å². The Balaban J connectivity index is 3.55. The molecule has 6 nitrogen and oxygen atoms in total. The summed E-state index contributed by atoms with van der Waals surface area (Å²) in [5.74, 6) is 0.260. The summed E-state index contributed by atoms with van der Waals surface area (Å²) >= 11 is 3.94. The van der Waals surface area contributed by atoms with Crippen molar-refractivity contribution in [3.05, 3.63) is 0 Å². The Morgan fingerprint density at radius 2 is 1.89 bits per heavy atom. The Bertz CT molecular complexity index is 251. The second kappa shape index (κ2) is 11.3. The number of rotatable bonds is 10. The molecule has 18 heavy (non-hydrogen) atoms. The van der Waals surface area contributed by atoms with E-state index >= 15 is 0 Å². The van der Waals surface area contributed by atoms with Gasteiger partial charge in [-0.25, -0.2) is 0 Å². The molecule has 7 heteroatoms. The van der Waals surface area contributed by atoms with Gasteiger partial charge in [0.1, 0.15) is 0 Å². The van der Waals surface area contributed by atoms with E-state index in [1.54, 1.807) is 0 Å². The van der Waals surface area contributed by atoms with E-state index in [1.807, 2.05) is 0 Å². The van der Waals surface area contributed by atoms with Crippen molar-refractivity contribution in [1.29, 1.82) is 0 Å². The standard InChI is InChI=1S/C11H24N4O2S/c12-6-2-1-3-9(13)15-11(17)4-7-14-10(16)5-8-18/h9,18H,1-8,12-13H2,(H,14,16)(H,15,17). The van der Waals surface area contributed by atoms with E-state index in [9.17, 15) is 9.59 Å². The van der Waals surface area contributed by atoms with Crippen LogP contribution in [-0.2, 0) is 9.59 Å². The van der Waals surface area contributed by atoms with Crippen molar-refractivity contribution in [1.82, 2.24) is 10.6 Å². The van der Waals surface area contributed by atoms with Crippen LogP contribution in [0.2, 0.25) is 0 Å². The first-order valence-corrected chi connectivity index (χ1v) is 6.86. The molecule has 0 saturated heterocycles. The van der Waals surface area contributed by atoms with Crippen molar-refractivity contribution in [3.8, 4) is 0 Å². The van der Waals surface area contributed by atoms with Crippen LogP contribution in [0.1, 0.15) is 32.1 Å². The minimum Gasteiger partial charge on any atom is -0.356 e. The molecule has 2 amide bonds. The van der Waals surface area contributed by atoms with E-state index in [2.05, 4.69) is 23.3 Å². The van der Waals surface area contributed by atoms with Gasteiger partial charge in [-0.05, 0) is 31.6 Å². The first-order valence-electron chi connectivity index (χ1n) is 6.22. The molecule has 0 spiro atoms. The average molecular weight is 276 g/mol. The van der Waals surface area contributed by atoms with E-state index in [0.717, 1.165) is 19.3 Å². The number of nitrogens with two attached hydrogens (primary N) is 2. The predicted molar refractivity (Wildman–Crippen MR) is 75.1 cm³/mol. The molecule has 0 aliphatic carbocycles. The number of unbranched alkanes of at least 4 members (excludes halogenated alkanes) is 1. The largest absolute Gasteiger partial charge is 0.356 e. The summed E-state index contributed by atoms with van der Waals surface area (Å²) in [6.07, 6.45) is 2.79. The van der Waals surface area contributed by atoms with Gasteiger partial charge in [0.05, 0.1) is 6.17 Å². The third kappa shape index (κ3) is 10.4. The van der Waals surface area contributed by atoms with Gasteiger partial charge < -0.3 is 22.1 Å². The molecule has 0 rings (SSSR count). The summed E-state index contributed by atoms with van der Waals surface area (Å²) in [6.45, 7) is 0.964. The van der Waals surface area contributed by atoms with Crippen molar-refractivity contribution in [2.24, 2.45) is 11.5 Å². The van der Waals surface area contributed by atoms with Crippen LogP contribution in [0.5, 0.6) is 0 Å². The number of hydrogen-bond acceptors (Lipinski definition) is 5. The van der Waals surface area contributed by atoms with Gasteiger partial charge in [-0.3, -0.25) is 9.59 Å². The molecule has 0 heterocycles. The van der Waals surface area contributed by atoms with Gasteiger partial charge >= 0.3 is 0 Å². The normalized spacial score (nSPS) is 11.9. The molecule has 0 aliphatic rings. The monoisotopic (exact) mass is 276 g/mol. The van der Waals surface area contributed by atoms with Gasteiger partial charge in [-0.1, -0.05) is 0 Å². The lowest BCUT2D eigenvalue weighted by Gasteiger charge is -2.13. The van der Waals surface area contributed by atoms with Crippen molar-refractivity contribution >= 4 is 24.4 Å². The summed E-state index contributed by atoms with van der Waals surface area (Å²) < 4.78 is 0. The molecule has 0 aromatic carbocycles. The zero-order valence-corrected chi connectivity index (χ0v) is 11.5. The Labute approximate surface area is 114 Å². The highest BCUT2D eigenvalue weighted by Gasteiger charge is 2.07. The number of hydrogen-bond donors (Lipinski definition) is 5. The third-order valence-electron chi connectivity index (χ3n) is 2.33. The molecule has 106 valence electrons. The van der Waals surface area contributed by atoms with Crippen LogP contribution in [-0.4, -0.2) is 36.8 Å². The van der Waals surface area contributed by atoms with E-state index in [4.69, 9.17) is 11.5 Å². The Morgan fingerprint density at radius 1 is 1.17 bits per heavy atom. The lowest BCUT2D eigenvalue weighted by atomic mass is 10.2. The fourth-order valence-electron chi connectivity index (χ4n) is 1.37. The smallest absolute Gasteiger partial charge is 0.222 e. The second-order valence-corrected chi connectivity index (χ2v) is 4.48. The van der Waals surface area contributed by atoms with E-state index in [0.29, 0.717) is 25.3 Å². The second-order valence-electron chi connectivity index (χ2n) is 4.03. The van der Waals surface area contributed by atoms with Crippen molar-refractivity contribution in [2.45, 2.75) is 38.3 Å². The highest BCUT2D eigenvalue weighted by molar-refractivity contribution is 7.80. The highest BCUT2D eigenvalue weighted by Crippen LogP contribution is 1.95. The summed E-state index contributed by atoms with van der Waals surface area (Å²) in [6, 6.07) is 0. The number of amides is 2. The van der Waals surface area contributed by atoms with Gasteiger partial charge in [0.15, 0.2) is 0 Å². The maximum absolute atomic E-state index is 11.4. The molecule has 0 aromatic rings. The summed E-state index contributed by atoms with van der Waals surface area (Å²) in [4.78, 5) is 22.5. The number of nitrogens with one attached hydrogen (secondary N) is 2. The molecule has 0 radical (unpaired) electrons. The van der Waals surface area contributed by atoms with Crippen molar-refractivity contribution in [2.75, 3.05) is 18.8 Å². The maximum atomic E-state index is 11.4. The fraction of sp³-hybridized carbons (Fsp3) is 0.818.